The topological polar surface area (TPSA) is 115 Å². The maximum Gasteiger partial charge on any atom is 0.332 e. The molecule has 0 aromatic carbocycles. The highest BCUT2D eigenvalue weighted by Gasteiger charge is 2.19. The summed E-state index contributed by atoms with van der Waals surface area (Å²) >= 11 is 0. The van der Waals surface area contributed by atoms with Gasteiger partial charge in [-0.1, -0.05) is 0 Å². The molecule has 0 spiro atoms. The summed E-state index contributed by atoms with van der Waals surface area (Å²) in [5.41, 5.74) is -0.0724. The van der Waals surface area contributed by atoms with Crippen molar-refractivity contribution in [1.82, 2.24) is 28.6 Å². The Morgan fingerprint density at radius 3 is 2.70 bits per heavy atom. The molecule has 10 heteroatoms. The lowest BCUT2D eigenvalue weighted by molar-refractivity contribution is 0.0654. The number of hydrogen-bond acceptors (Lipinski definition) is 6. The molecule has 0 fully saturated rings. The number of imidazole rings is 1. The Hall–Kier alpha value is -3.27. The molecule has 1 N–H and O–H groups in total. The first kappa shape index (κ1) is 18.5. The van der Waals surface area contributed by atoms with Gasteiger partial charge in [0.2, 0.25) is 0 Å². The summed E-state index contributed by atoms with van der Waals surface area (Å²) in [7, 11) is 4.49. The van der Waals surface area contributed by atoms with Gasteiger partial charge in [-0.25, -0.2) is 9.78 Å². The zero-order chi connectivity index (χ0) is 19.7. The molecular weight excluding hydrogens is 352 g/mol. The van der Waals surface area contributed by atoms with Gasteiger partial charge in [0.05, 0.1) is 24.5 Å². The van der Waals surface area contributed by atoms with Crippen LogP contribution < -0.4 is 11.2 Å². The second-order valence-corrected chi connectivity index (χ2v) is 6.36. The van der Waals surface area contributed by atoms with E-state index in [1.165, 1.54) is 40.7 Å². The van der Waals surface area contributed by atoms with E-state index in [1.54, 1.807) is 25.4 Å². The van der Waals surface area contributed by atoms with Gasteiger partial charge in [0, 0.05) is 40.1 Å². The van der Waals surface area contributed by atoms with Gasteiger partial charge in [0.1, 0.15) is 0 Å². The average molecular weight is 372 g/mol. The zero-order valence-electron chi connectivity index (χ0n) is 15.2. The summed E-state index contributed by atoms with van der Waals surface area (Å²) in [5.74, 6) is -0.268. The fraction of sp³-hybridized carbons (Fsp3) is 0.353. The third-order valence-corrected chi connectivity index (χ3v) is 4.36. The van der Waals surface area contributed by atoms with Crippen LogP contribution in [-0.4, -0.2) is 59.3 Å². The number of aliphatic hydroxyl groups excluding tert-OH is 1. The molecule has 142 valence electrons. The Morgan fingerprint density at radius 1 is 1.30 bits per heavy atom. The van der Waals surface area contributed by atoms with Crippen molar-refractivity contribution >= 4 is 17.1 Å². The van der Waals surface area contributed by atoms with Crippen molar-refractivity contribution < 1.29 is 9.90 Å². The lowest BCUT2D eigenvalue weighted by Gasteiger charge is -2.21. The van der Waals surface area contributed by atoms with Gasteiger partial charge in [-0.15, -0.1) is 0 Å². The third-order valence-electron chi connectivity index (χ3n) is 4.36. The van der Waals surface area contributed by atoms with Crippen molar-refractivity contribution in [1.29, 1.82) is 0 Å². The van der Waals surface area contributed by atoms with E-state index in [2.05, 4.69) is 9.97 Å². The normalized spacial score (nSPS) is 12.3. The SMILES string of the molecule is CN(CC(O)Cn1cnc2c1c(=O)n(C)c(=O)n2C)C(=O)c1cccnc1. The monoisotopic (exact) mass is 372 g/mol. The lowest BCUT2D eigenvalue weighted by atomic mass is 10.2. The number of carbonyl (C=O) groups is 1. The molecule has 0 aliphatic rings. The lowest BCUT2D eigenvalue weighted by Crippen LogP contribution is -2.39. The molecule has 3 rings (SSSR count). The number of aryl methyl sites for hydroxylation is 1. The Balaban J connectivity index is 1.81. The fourth-order valence-corrected chi connectivity index (χ4v) is 2.93. The second-order valence-electron chi connectivity index (χ2n) is 6.36. The van der Waals surface area contributed by atoms with Crippen LogP contribution in [-0.2, 0) is 20.6 Å². The summed E-state index contributed by atoms with van der Waals surface area (Å²) in [5, 5.41) is 10.4. The van der Waals surface area contributed by atoms with Crippen molar-refractivity contribution in [2.75, 3.05) is 13.6 Å². The number of hydrogen-bond donors (Lipinski definition) is 1. The predicted octanol–water partition coefficient (Wildman–Crippen LogP) is -1.04. The van der Waals surface area contributed by atoms with Crippen LogP contribution in [0.4, 0.5) is 0 Å². The van der Waals surface area contributed by atoms with Crippen LogP contribution in [0, 0.1) is 0 Å². The van der Waals surface area contributed by atoms with Gasteiger partial charge in [-0.2, -0.15) is 0 Å². The van der Waals surface area contributed by atoms with Crippen LogP contribution in [0.25, 0.3) is 11.2 Å². The third kappa shape index (κ3) is 3.38. The molecule has 0 saturated carbocycles. The van der Waals surface area contributed by atoms with E-state index in [9.17, 15) is 19.5 Å². The summed E-state index contributed by atoms with van der Waals surface area (Å²) in [6.45, 7) is 0.105. The Labute approximate surface area is 153 Å². The van der Waals surface area contributed by atoms with Crippen molar-refractivity contribution in [2.24, 2.45) is 14.1 Å². The smallest absolute Gasteiger partial charge is 0.332 e. The van der Waals surface area contributed by atoms with Gasteiger partial charge in [-0.05, 0) is 12.1 Å². The van der Waals surface area contributed by atoms with Gasteiger partial charge < -0.3 is 14.6 Å². The maximum atomic E-state index is 12.4. The van der Waals surface area contributed by atoms with Crippen LogP contribution in [0.3, 0.4) is 0 Å². The standard InChI is InChI=1S/C17H20N6O4/c1-20(15(25)11-5-4-6-18-7-11)8-12(24)9-23-10-19-14-13(23)16(26)22(3)17(27)21(14)2/h4-7,10,12,24H,8-9H2,1-3H3. The van der Waals surface area contributed by atoms with E-state index >= 15 is 0 Å². The number of fused-ring (bicyclic) bond motifs is 1. The molecule has 3 heterocycles. The first-order valence-electron chi connectivity index (χ1n) is 8.25. The molecule has 0 bridgehead atoms. The first-order chi connectivity index (χ1) is 12.8. The molecule has 0 saturated heterocycles. The van der Waals surface area contributed by atoms with Crippen LogP contribution in [0.5, 0.6) is 0 Å². The Kier molecular flexibility index (Phi) is 4.91. The van der Waals surface area contributed by atoms with Crippen molar-refractivity contribution in [3.05, 3.63) is 57.3 Å². The zero-order valence-corrected chi connectivity index (χ0v) is 15.2. The number of aliphatic hydroxyl groups is 1. The number of aromatic nitrogens is 5. The second kappa shape index (κ2) is 7.16. The highest BCUT2D eigenvalue weighted by molar-refractivity contribution is 5.93. The summed E-state index contributed by atoms with van der Waals surface area (Å²) in [4.78, 5) is 46.1. The molecule has 27 heavy (non-hydrogen) atoms. The predicted molar refractivity (Wildman–Crippen MR) is 97.4 cm³/mol. The average Bonchev–Trinajstić information content (AvgIpc) is 3.08. The van der Waals surface area contributed by atoms with Crippen LogP contribution in [0.1, 0.15) is 10.4 Å². The summed E-state index contributed by atoms with van der Waals surface area (Å²) < 4.78 is 3.76. The summed E-state index contributed by atoms with van der Waals surface area (Å²) in [6, 6.07) is 3.31. The number of pyridine rings is 1. The van der Waals surface area contributed by atoms with Gasteiger partial charge in [0.15, 0.2) is 11.2 Å². The first-order valence-corrected chi connectivity index (χ1v) is 8.25. The highest BCUT2D eigenvalue weighted by Crippen LogP contribution is 2.08. The van der Waals surface area contributed by atoms with E-state index in [0.717, 1.165) is 4.57 Å². The van der Waals surface area contributed by atoms with E-state index in [1.807, 2.05) is 0 Å². The van der Waals surface area contributed by atoms with E-state index in [4.69, 9.17) is 0 Å². The largest absolute Gasteiger partial charge is 0.389 e. The van der Waals surface area contributed by atoms with Crippen LogP contribution >= 0.6 is 0 Å². The van der Waals surface area contributed by atoms with E-state index < -0.39 is 17.4 Å². The number of amides is 1. The van der Waals surface area contributed by atoms with Crippen molar-refractivity contribution in [2.45, 2.75) is 12.6 Å². The molecule has 1 atom stereocenters. The minimum absolute atomic E-state index is 0.0502. The number of likely N-dealkylation sites (N-methyl/N-ethyl adjacent to an activating group) is 1. The molecule has 0 aliphatic carbocycles. The van der Waals surface area contributed by atoms with Crippen molar-refractivity contribution in [3.63, 3.8) is 0 Å². The quantitative estimate of drug-likeness (QED) is 0.612. The molecule has 3 aromatic rings. The van der Waals surface area contributed by atoms with E-state index in [0.29, 0.717) is 5.56 Å². The van der Waals surface area contributed by atoms with Crippen LogP contribution in [0.2, 0.25) is 0 Å². The van der Waals surface area contributed by atoms with Gasteiger partial charge >= 0.3 is 5.69 Å². The summed E-state index contributed by atoms with van der Waals surface area (Å²) in [6.07, 6.45) is 3.50. The fourth-order valence-electron chi connectivity index (χ4n) is 2.93. The highest BCUT2D eigenvalue weighted by atomic mass is 16.3. The number of nitrogens with zero attached hydrogens (tertiary/aromatic N) is 6. The minimum atomic E-state index is -0.935. The molecule has 3 aromatic heterocycles. The minimum Gasteiger partial charge on any atom is -0.389 e. The molecular formula is C17H20N6O4. The van der Waals surface area contributed by atoms with Crippen molar-refractivity contribution in [3.8, 4) is 0 Å². The number of carbonyl (C=O) groups excluding carboxylic acids is 1. The van der Waals surface area contributed by atoms with E-state index in [-0.39, 0.29) is 30.2 Å². The molecule has 1 unspecified atom stereocenters. The Bertz CT molecular complexity index is 1100. The van der Waals surface area contributed by atoms with Gasteiger partial charge in [0.25, 0.3) is 11.5 Å². The molecule has 1 amide bonds. The molecule has 0 radical (unpaired) electrons. The number of rotatable bonds is 5. The molecule has 0 aliphatic heterocycles. The maximum absolute atomic E-state index is 12.4. The van der Waals surface area contributed by atoms with Crippen LogP contribution in [0.15, 0.2) is 40.4 Å². The van der Waals surface area contributed by atoms with Gasteiger partial charge in [-0.3, -0.25) is 23.7 Å². The molecule has 10 nitrogen and oxygen atoms in total. The Morgan fingerprint density at radius 2 is 2.04 bits per heavy atom.